The highest BCUT2D eigenvalue weighted by atomic mass is 35.5. The van der Waals surface area contributed by atoms with Crippen molar-refractivity contribution in [1.29, 1.82) is 0 Å². The number of nitrogens with zero attached hydrogens (tertiary/aromatic N) is 2. The Labute approximate surface area is 77.7 Å². The Morgan fingerprint density at radius 3 is 2.85 bits per heavy atom. The topological polar surface area (TPSA) is 45.5 Å². The second-order valence-corrected chi connectivity index (χ2v) is 2.52. The summed E-state index contributed by atoms with van der Waals surface area (Å²) in [6.07, 6.45) is -1.49. The summed E-state index contributed by atoms with van der Waals surface area (Å²) in [6.45, 7) is 0. The van der Waals surface area contributed by atoms with Gasteiger partial charge in [0.25, 0.3) is 6.43 Å². The van der Waals surface area contributed by atoms with E-state index < -0.39 is 12.1 Å². The monoisotopic (exact) mass is 206 g/mol. The van der Waals surface area contributed by atoms with Crippen LogP contribution in [-0.2, 0) is 0 Å². The molecule has 1 N–H and O–H groups in total. The van der Waals surface area contributed by atoms with Crippen molar-refractivity contribution in [3.63, 3.8) is 0 Å². The number of oxime groups is 1. The Morgan fingerprint density at radius 1 is 1.62 bits per heavy atom. The van der Waals surface area contributed by atoms with Gasteiger partial charge in [0.1, 0.15) is 5.69 Å². The van der Waals surface area contributed by atoms with E-state index in [1.807, 2.05) is 0 Å². The molecule has 0 fully saturated rings. The van der Waals surface area contributed by atoms with E-state index in [1.54, 1.807) is 0 Å². The molecular weight excluding hydrogens is 202 g/mol. The van der Waals surface area contributed by atoms with Gasteiger partial charge in [0.15, 0.2) is 5.17 Å². The average Bonchev–Trinajstić information content (AvgIpc) is 2.17. The van der Waals surface area contributed by atoms with Gasteiger partial charge in [-0.2, -0.15) is 0 Å². The molecule has 0 aliphatic carbocycles. The first-order valence-electron chi connectivity index (χ1n) is 3.27. The highest BCUT2D eigenvalue weighted by molar-refractivity contribution is 6.69. The van der Waals surface area contributed by atoms with Crippen LogP contribution in [0.25, 0.3) is 0 Å². The summed E-state index contributed by atoms with van der Waals surface area (Å²) in [7, 11) is 0. The van der Waals surface area contributed by atoms with E-state index in [2.05, 4.69) is 10.1 Å². The summed E-state index contributed by atoms with van der Waals surface area (Å²) < 4.78 is 24.2. The molecule has 0 radical (unpaired) electrons. The standard InChI is InChI=1S/C7H5ClF2N2O/c8-6(12-13)4-1-2-11-5(3-4)7(9)10/h1-3,7,13H. The predicted octanol–water partition coefficient (Wildman–Crippen LogP) is 2.39. The maximum atomic E-state index is 12.1. The number of rotatable bonds is 2. The molecule has 3 nitrogen and oxygen atoms in total. The molecule has 1 rings (SSSR count). The average molecular weight is 207 g/mol. The van der Waals surface area contributed by atoms with Gasteiger partial charge in [-0.3, -0.25) is 4.98 Å². The van der Waals surface area contributed by atoms with Crippen LogP contribution in [0.4, 0.5) is 8.78 Å². The van der Waals surface area contributed by atoms with E-state index in [0.717, 1.165) is 6.07 Å². The summed E-state index contributed by atoms with van der Waals surface area (Å²) in [5.41, 5.74) is -0.200. The Balaban J connectivity index is 3.05. The minimum absolute atomic E-state index is 0.203. The molecule has 0 unspecified atom stereocenters. The second-order valence-electron chi connectivity index (χ2n) is 2.16. The van der Waals surface area contributed by atoms with Gasteiger partial charge in [0.2, 0.25) is 0 Å². The molecule has 0 atom stereocenters. The quantitative estimate of drug-likeness (QED) is 0.459. The van der Waals surface area contributed by atoms with E-state index in [-0.39, 0.29) is 10.7 Å². The van der Waals surface area contributed by atoms with Crippen LogP contribution >= 0.6 is 11.6 Å². The molecule has 0 saturated heterocycles. The molecule has 1 aromatic rings. The van der Waals surface area contributed by atoms with Crippen molar-refractivity contribution in [1.82, 2.24) is 4.98 Å². The third kappa shape index (κ3) is 2.35. The van der Waals surface area contributed by atoms with Crippen molar-refractivity contribution in [3.05, 3.63) is 29.6 Å². The lowest BCUT2D eigenvalue weighted by Gasteiger charge is -2.00. The Bertz CT molecular complexity index is 330. The van der Waals surface area contributed by atoms with Crippen LogP contribution in [0.15, 0.2) is 23.5 Å². The molecule has 0 bridgehead atoms. The summed E-state index contributed by atoms with van der Waals surface area (Å²) in [5, 5.41) is 10.7. The molecular formula is C7H5ClF2N2O. The second kappa shape index (κ2) is 4.13. The number of hydrogen-bond acceptors (Lipinski definition) is 3. The fraction of sp³-hybridized carbons (Fsp3) is 0.143. The van der Waals surface area contributed by atoms with Gasteiger partial charge in [-0.1, -0.05) is 16.8 Å². The first kappa shape index (κ1) is 9.85. The molecule has 0 amide bonds. The van der Waals surface area contributed by atoms with Crippen LogP contribution in [0.5, 0.6) is 0 Å². The number of aromatic nitrogens is 1. The zero-order valence-corrected chi connectivity index (χ0v) is 7.04. The van der Waals surface area contributed by atoms with Crippen molar-refractivity contribution in [2.24, 2.45) is 5.16 Å². The van der Waals surface area contributed by atoms with Crippen LogP contribution in [0.2, 0.25) is 0 Å². The van der Waals surface area contributed by atoms with Gasteiger partial charge in [-0.05, 0) is 12.1 Å². The Morgan fingerprint density at radius 2 is 2.31 bits per heavy atom. The van der Waals surface area contributed by atoms with Crippen molar-refractivity contribution >= 4 is 16.8 Å². The summed E-state index contributed by atoms with van der Waals surface area (Å²) in [5.74, 6) is 0. The third-order valence-corrected chi connectivity index (χ3v) is 1.62. The van der Waals surface area contributed by atoms with Gasteiger partial charge in [0.05, 0.1) is 0 Å². The molecule has 70 valence electrons. The van der Waals surface area contributed by atoms with E-state index in [0.29, 0.717) is 0 Å². The van der Waals surface area contributed by atoms with Crippen molar-refractivity contribution in [3.8, 4) is 0 Å². The van der Waals surface area contributed by atoms with Crippen LogP contribution < -0.4 is 0 Å². The zero-order valence-electron chi connectivity index (χ0n) is 6.28. The lowest BCUT2D eigenvalue weighted by Crippen LogP contribution is -1.96. The van der Waals surface area contributed by atoms with Crippen LogP contribution in [0.3, 0.4) is 0 Å². The molecule has 13 heavy (non-hydrogen) atoms. The fourth-order valence-electron chi connectivity index (χ4n) is 0.754. The SMILES string of the molecule is ON=C(Cl)c1ccnc(C(F)F)c1. The maximum absolute atomic E-state index is 12.1. The summed E-state index contributed by atoms with van der Waals surface area (Å²) >= 11 is 5.39. The lowest BCUT2D eigenvalue weighted by atomic mass is 10.2. The van der Waals surface area contributed by atoms with Gasteiger partial charge < -0.3 is 5.21 Å². The molecule has 0 aliphatic rings. The molecule has 0 aliphatic heterocycles. The smallest absolute Gasteiger partial charge is 0.280 e. The number of halogens is 3. The first-order valence-corrected chi connectivity index (χ1v) is 3.65. The first-order chi connectivity index (χ1) is 6.15. The normalized spacial score (nSPS) is 12.2. The highest BCUT2D eigenvalue weighted by Crippen LogP contribution is 2.17. The largest absolute Gasteiger partial charge is 0.410 e. The number of alkyl halides is 2. The van der Waals surface area contributed by atoms with E-state index >= 15 is 0 Å². The Hall–Kier alpha value is -1.23. The molecule has 6 heteroatoms. The molecule has 0 spiro atoms. The van der Waals surface area contributed by atoms with E-state index in [1.165, 1.54) is 12.3 Å². The Kier molecular flexibility index (Phi) is 3.13. The maximum Gasteiger partial charge on any atom is 0.280 e. The third-order valence-electron chi connectivity index (χ3n) is 1.33. The van der Waals surface area contributed by atoms with Crippen molar-refractivity contribution < 1.29 is 14.0 Å². The molecule has 0 aromatic carbocycles. The predicted molar refractivity (Wildman–Crippen MR) is 43.4 cm³/mol. The van der Waals surface area contributed by atoms with E-state index in [4.69, 9.17) is 16.8 Å². The highest BCUT2D eigenvalue weighted by Gasteiger charge is 2.10. The van der Waals surface area contributed by atoms with Crippen LogP contribution in [0, 0.1) is 0 Å². The number of hydrogen-bond donors (Lipinski definition) is 1. The van der Waals surface area contributed by atoms with Crippen molar-refractivity contribution in [2.75, 3.05) is 0 Å². The van der Waals surface area contributed by atoms with Crippen molar-refractivity contribution in [2.45, 2.75) is 6.43 Å². The summed E-state index contributed by atoms with van der Waals surface area (Å²) in [6, 6.07) is 2.43. The summed E-state index contributed by atoms with van der Waals surface area (Å²) in [4.78, 5) is 3.41. The van der Waals surface area contributed by atoms with Crippen LogP contribution in [-0.4, -0.2) is 15.4 Å². The number of pyridine rings is 1. The van der Waals surface area contributed by atoms with E-state index in [9.17, 15) is 8.78 Å². The fourth-order valence-corrected chi connectivity index (χ4v) is 0.871. The van der Waals surface area contributed by atoms with Gasteiger partial charge in [-0.15, -0.1) is 0 Å². The minimum Gasteiger partial charge on any atom is -0.410 e. The zero-order chi connectivity index (χ0) is 9.84. The van der Waals surface area contributed by atoms with Gasteiger partial charge >= 0.3 is 0 Å². The molecule has 0 saturated carbocycles. The minimum atomic E-state index is -2.66. The molecule has 1 heterocycles. The van der Waals surface area contributed by atoms with Crippen LogP contribution in [0.1, 0.15) is 17.7 Å². The lowest BCUT2D eigenvalue weighted by molar-refractivity contribution is 0.146. The van der Waals surface area contributed by atoms with Gasteiger partial charge in [0, 0.05) is 11.8 Å². The molecule has 1 aromatic heterocycles. The van der Waals surface area contributed by atoms with Gasteiger partial charge in [-0.25, -0.2) is 8.78 Å².